The molecule has 66 valence electrons. The van der Waals surface area contributed by atoms with Crippen molar-refractivity contribution < 1.29 is 4.39 Å². The van der Waals surface area contributed by atoms with E-state index in [2.05, 4.69) is 5.43 Å². The van der Waals surface area contributed by atoms with Crippen LogP contribution in [0.3, 0.4) is 0 Å². The van der Waals surface area contributed by atoms with Gasteiger partial charge in [0.15, 0.2) is 0 Å². The normalized spacial score (nSPS) is 13.0. The molecule has 5 N–H and O–H groups in total. The molecule has 0 aliphatic heterocycles. The summed E-state index contributed by atoms with van der Waals surface area (Å²) in [4.78, 5) is 0. The van der Waals surface area contributed by atoms with Crippen molar-refractivity contribution in [1.29, 1.82) is 0 Å². The van der Waals surface area contributed by atoms with Crippen LogP contribution in [0.4, 0.5) is 4.39 Å². The molecule has 3 nitrogen and oxygen atoms in total. The summed E-state index contributed by atoms with van der Waals surface area (Å²) in [6.45, 7) is 0. The van der Waals surface area contributed by atoms with Crippen LogP contribution >= 0.6 is 11.6 Å². The monoisotopic (exact) mass is 189 g/mol. The van der Waals surface area contributed by atoms with E-state index in [9.17, 15) is 4.39 Å². The van der Waals surface area contributed by atoms with Crippen molar-refractivity contribution in [2.24, 2.45) is 11.6 Å². The second-order valence-corrected chi connectivity index (χ2v) is 2.73. The Morgan fingerprint density at radius 2 is 2.17 bits per heavy atom. The van der Waals surface area contributed by atoms with E-state index >= 15 is 0 Å². The molecule has 0 fully saturated rings. The minimum atomic E-state index is -0.525. The minimum Gasteiger partial charge on any atom is -0.311 e. The third kappa shape index (κ3) is 1.92. The number of hydrogen-bond acceptors (Lipinski definition) is 3. The van der Waals surface area contributed by atoms with Gasteiger partial charge in [0, 0.05) is 0 Å². The molecule has 0 aliphatic rings. The van der Waals surface area contributed by atoms with Gasteiger partial charge >= 0.3 is 0 Å². The third-order valence-corrected chi connectivity index (χ3v) is 1.77. The summed E-state index contributed by atoms with van der Waals surface area (Å²) in [7, 11) is 0. The molecule has 1 aromatic carbocycles. The van der Waals surface area contributed by atoms with Gasteiger partial charge in [-0.2, -0.15) is 0 Å². The first-order valence-corrected chi connectivity index (χ1v) is 3.69. The molecule has 0 bridgehead atoms. The Morgan fingerprint density at radius 1 is 1.50 bits per heavy atom. The Balaban J connectivity index is 2.96. The molecule has 0 saturated heterocycles. The van der Waals surface area contributed by atoms with Crippen molar-refractivity contribution in [2.45, 2.75) is 6.17 Å². The highest BCUT2D eigenvalue weighted by Gasteiger charge is 2.05. The highest BCUT2D eigenvalue weighted by molar-refractivity contribution is 6.30. The standard InChI is InChI=1S/C7H9ClFN3/c8-5-3-4(7(10)12-11)1-2-6(5)9/h1-3,7,12H,10-11H2. The van der Waals surface area contributed by atoms with Crippen LogP contribution in [-0.2, 0) is 0 Å². The van der Waals surface area contributed by atoms with Crippen molar-refractivity contribution in [2.75, 3.05) is 0 Å². The molecule has 0 aliphatic carbocycles. The fourth-order valence-electron chi connectivity index (χ4n) is 0.802. The van der Waals surface area contributed by atoms with Crippen LogP contribution in [0, 0.1) is 5.82 Å². The van der Waals surface area contributed by atoms with Crippen LogP contribution in [0.25, 0.3) is 0 Å². The average molecular weight is 190 g/mol. The van der Waals surface area contributed by atoms with Gasteiger partial charge in [-0.05, 0) is 17.7 Å². The summed E-state index contributed by atoms with van der Waals surface area (Å²) in [6.07, 6.45) is -0.525. The van der Waals surface area contributed by atoms with Crippen molar-refractivity contribution in [3.8, 4) is 0 Å². The Kier molecular flexibility index (Phi) is 2.99. The molecule has 1 rings (SSSR count). The molecular formula is C7H9ClFN3. The summed E-state index contributed by atoms with van der Waals surface area (Å²) in [5.74, 6) is 4.61. The maximum absolute atomic E-state index is 12.6. The number of nitrogens with one attached hydrogen (secondary N) is 1. The zero-order valence-corrected chi connectivity index (χ0v) is 6.98. The summed E-state index contributed by atoms with van der Waals surface area (Å²) in [6, 6.07) is 4.20. The zero-order valence-electron chi connectivity index (χ0n) is 6.22. The second kappa shape index (κ2) is 3.82. The lowest BCUT2D eigenvalue weighted by Gasteiger charge is -2.10. The first kappa shape index (κ1) is 9.41. The van der Waals surface area contributed by atoms with Gasteiger partial charge in [-0.25, -0.2) is 9.82 Å². The number of nitrogens with two attached hydrogens (primary N) is 2. The quantitative estimate of drug-likeness (QED) is 0.368. The van der Waals surface area contributed by atoms with Crippen LogP contribution in [0.15, 0.2) is 18.2 Å². The highest BCUT2D eigenvalue weighted by atomic mass is 35.5. The largest absolute Gasteiger partial charge is 0.311 e. The lowest BCUT2D eigenvalue weighted by Crippen LogP contribution is -2.34. The van der Waals surface area contributed by atoms with E-state index in [4.69, 9.17) is 23.2 Å². The topological polar surface area (TPSA) is 64.1 Å². The van der Waals surface area contributed by atoms with Gasteiger partial charge in [0.05, 0.1) is 11.2 Å². The molecule has 12 heavy (non-hydrogen) atoms. The maximum Gasteiger partial charge on any atom is 0.141 e. The Labute approximate surface area is 74.5 Å². The summed E-state index contributed by atoms with van der Waals surface area (Å²) in [5, 5.41) is 0.0400. The number of hydrogen-bond donors (Lipinski definition) is 3. The molecule has 0 radical (unpaired) electrons. The molecule has 0 saturated carbocycles. The Bertz CT molecular complexity index is 279. The maximum atomic E-state index is 12.6. The number of halogens is 2. The first-order valence-electron chi connectivity index (χ1n) is 3.32. The molecule has 0 heterocycles. The molecule has 0 spiro atoms. The summed E-state index contributed by atoms with van der Waals surface area (Å²) < 4.78 is 12.6. The van der Waals surface area contributed by atoms with E-state index in [1.165, 1.54) is 18.2 Å². The van der Waals surface area contributed by atoms with Gasteiger partial charge in [-0.15, -0.1) is 0 Å². The lowest BCUT2D eigenvalue weighted by molar-refractivity contribution is 0.573. The van der Waals surface area contributed by atoms with E-state index in [1.807, 2.05) is 0 Å². The minimum absolute atomic E-state index is 0.0400. The van der Waals surface area contributed by atoms with E-state index in [0.717, 1.165) is 0 Å². The SMILES string of the molecule is NNC(N)c1ccc(F)c(Cl)c1. The smallest absolute Gasteiger partial charge is 0.141 e. The van der Waals surface area contributed by atoms with Crippen molar-refractivity contribution in [1.82, 2.24) is 5.43 Å². The van der Waals surface area contributed by atoms with Gasteiger partial charge in [0.1, 0.15) is 5.82 Å². The predicted octanol–water partition coefficient (Wildman–Crippen LogP) is 0.900. The molecule has 1 unspecified atom stereocenters. The van der Waals surface area contributed by atoms with Crippen LogP contribution in [0.1, 0.15) is 11.7 Å². The van der Waals surface area contributed by atoms with Gasteiger partial charge in [-0.3, -0.25) is 5.84 Å². The number of rotatable bonds is 2. The van der Waals surface area contributed by atoms with E-state index in [-0.39, 0.29) is 5.02 Å². The van der Waals surface area contributed by atoms with Crippen LogP contribution in [0.2, 0.25) is 5.02 Å². The van der Waals surface area contributed by atoms with Crippen molar-refractivity contribution in [3.63, 3.8) is 0 Å². The van der Waals surface area contributed by atoms with Crippen LogP contribution in [-0.4, -0.2) is 0 Å². The molecule has 1 atom stereocenters. The number of benzene rings is 1. The van der Waals surface area contributed by atoms with Gasteiger partial charge in [-0.1, -0.05) is 17.7 Å². The summed E-state index contributed by atoms with van der Waals surface area (Å²) >= 11 is 5.52. The van der Waals surface area contributed by atoms with Crippen LogP contribution < -0.4 is 17.0 Å². The predicted molar refractivity (Wildman–Crippen MR) is 45.7 cm³/mol. The van der Waals surface area contributed by atoms with E-state index in [1.54, 1.807) is 0 Å². The molecule has 0 amide bonds. The Morgan fingerprint density at radius 3 is 2.67 bits per heavy atom. The molecule has 0 aromatic heterocycles. The van der Waals surface area contributed by atoms with Gasteiger partial charge in [0.2, 0.25) is 0 Å². The van der Waals surface area contributed by atoms with Crippen molar-refractivity contribution in [3.05, 3.63) is 34.6 Å². The van der Waals surface area contributed by atoms with Gasteiger partial charge < -0.3 is 5.73 Å². The summed E-state index contributed by atoms with van der Waals surface area (Å²) in [5.41, 5.74) is 8.46. The third-order valence-electron chi connectivity index (χ3n) is 1.48. The number of hydrazine groups is 1. The first-order chi connectivity index (χ1) is 5.65. The van der Waals surface area contributed by atoms with Crippen LogP contribution in [0.5, 0.6) is 0 Å². The second-order valence-electron chi connectivity index (χ2n) is 2.32. The lowest BCUT2D eigenvalue weighted by atomic mass is 10.2. The zero-order chi connectivity index (χ0) is 9.14. The van der Waals surface area contributed by atoms with Gasteiger partial charge in [0.25, 0.3) is 0 Å². The van der Waals surface area contributed by atoms with Crippen molar-refractivity contribution >= 4 is 11.6 Å². The molecule has 1 aromatic rings. The fourth-order valence-corrected chi connectivity index (χ4v) is 0.991. The van der Waals surface area contributed by atoms with E-state index in [0.29, 0.717) is 5.56 Å². The fraction of sp³-hybridized carbons (Fsp3) is 0.143. The molecular weight excluding hydrogens is 181 g/mol. The molecule has 5 heteroatoms. The highest BCUT2D eigenvalue weighted by Crippen LogP contribution is 2.18. The average Bonchev–Trinajstić information content (AvgIpc) is 2.08. The van der Waals surface area contributed by atoms with E-state index < -0.39 is 12.0 Å². The Hall–Kier alpha value is -0.680.